The Balaban J connectivity index is 2.35. The zero-order valence-corrected chi connectivity index (χ0v) is 10.9. The third-order valence-electron chi connectivity index (χ3n) is 2.59. The fourth-order valence-electron chi connectivity index (χ4n) is 1.63. The molecule has 0 atom stereocenters. The van der Waals surface area contributed by atoms with Crippen molar-refractivity contribution in [2.75, 3.05) is 0 Å². The molecule has 3 N–H and O–H groups in total. The molecule has 2 aromatic rings. The third kappa shape index (κ3) is 3.03. The van der Waals surface area contributed by atoms with Crippen molar-refractivity contribution in [3.05, 3.63) is 52.0 Å². The monoisotopic (exact) mass is 289 g/mol. The summed E-state index contributed by atoms with van der Waals surface area (Å²) in [6.45, 7) is 1.59. The highest BCUT2D eigenvalue weighted by Crippen LogP contribution is 2.27. The van der Waals surface area contributed by atoms with Crippen LogP contribution in [0.2, 0.25) is 0 Å². The normalized spacial score (nSPS) is 11.2. The number of aromatic nitrogens is 2. The van der Waals surface area contributed by atoms with Gasteiger partial charge < -0.3 is 15.7 Å². The Morgan fingerprint density at radius 2 is 2.14 bits per heavy atom. The molecule has 0 fully saturated rings. The fourth-order valence-corrected chi connectivity index (χ4v) is 1.63. The molecule has 108 valence electrons. The van der Waals surface area contributed by atoms with Gasteiger partial charge in [0.2, 0.25) is 5.88 Å². The number of oxime groups is 1. The first-order valence-electron chi connectivity index (χ1n) is 5.74. The Hall–Kier alpha value is -3.23. The van der Waals surface area contributed by atoms with Gasteiger partial charge in [0.1, 0.15) is 5.75 Å². The highest BCUT2D eigenvalue weighted by Gasteiger charge is 2.15. The molecule has 21 heavy (non-hydrogen) atoms. The summed E-state index contributed by atoms with van der Waals surface area (Å²) in [7, 11) is 0. The summed E-state index contributed by atoms with van der Waals surface area (Å²) in [4.78, 5) is 18.1. The average Bonchev–Trinajstić information content (AvgIpc) is 2.46. The molecule has 0 radical (unpaired) electrons. The quantitative estimate of drug-likeness (QED) is 0.286. The molecule has 0 bridgehead atoms. The van der Waals surface area contributed by atoms with Crippen molar-refractivity contribution < 1.29 is 14.9 Å². The van der Waals surface area contributed by atoms with Gasteiger partial charge in [-0.1, -0.05) is 5.16 Å². The maximum Gasteiger partial charge on any atom is 0.272 e. The van der Waals surface area contributed by atoms with E-state index in [4.69, 9.17) is 15.7 Å². The van der Waals surface area contributed by atoms with Crippen molar-refractivity contribution in [1.29, 1.82) is 0 Å². The van der Waals surface area contributed by atoms with Crippen LogP contribution in [0, 0.1) is 17.0 Å². The fraction of sp³-hybridized carbons (Fsp3) is 0.0833. The molecule has 0 aliphatic heterocycles. The van der Waals surface area contributed by atoms with E-state index >= 15 is 0 Å². The first-order valence-corrected chi connectivity index (χ1v) is 5.74. The number of rotatable bonds is 4. The van der Waals surface area contributed by atoms with Crippen LogP contribution in [-0.2, 0) is 0 Å². The van der Waals surface area contributed by atoms with Crippen molar-refractivity contribution in [3.63, 3.8) is 0 Å². The Labute approximate surface area is 118 Å². The van der Waals surface area contributed by atoms with E-state index in [0.29, 0.717) is 11.3 Å². The second kappa shape index (κ2) is 5.82. The topological polar surface area (TPSA) is 137 Å². The second-order valence-electron chi connectivity index (χ2n) is 4.00. The minimum absolute atomic E-state index is 0.0156. The number of nitro benzene ring substituents is 1. The van der Waals surface area contributed by atoms with Crippen LogP contribution in [-0.4, -0.2) is 25.9 Å². The minimum atomic E-state index is -0.483. The standard InChI is InChI=1S/C12H11N5O4/c1-7-6-8(2-3-9(7)17(19)20)21-12-10(11(13)16-18)14-4-5-15-12/h2-6,18H,1H3,(H2,13,16). The largest absolute Gasteiger partial charge is 0.437 e. The first kappa shape index (κ1) is 14.2. The van der Waals surface area contributed by atoms with E-state index in [1.54, 1.807) is 6.92 Å². The lowest BCUT2D eigenvalue weighted by Crippen LogP contribution is -2.16. The summed E-state index contributed by atoms with van der Waals surface area (Å²) in [5.74, 6) is 0.100. The molecule has 0 amide bonds. The molecule has 0 spiro atoms. The molecule has 2 rings (SSSR count). The number of ether oxygens (including phenoxy) is 1. The van der Waals surface area contributed by atoms with Crippen molar-refractivity contribution >= 4 is 11.5 Å². The van der Waals surface area contributed by atoms with E-state index in [-0.39, 0.29) is 23.1 Å². The summed E-state index contributed by atoms with van der Waals surface area (Å²) >= 11 is 0. The van der Waals surface area contributed by atoms with Crippen LogP contribution in [0.5, 0.6) is 11.6 Å². The van der Waals surface area contributed by atoms with Crippen LogP contribution in [0.1, 0.15) is 11.3 Å². The highest BCUT2D eigenvalue weighted by atomic mass is 16.6. The molecule has 1 aromatic carbocycles. The van der Waals surface area contributed by atoms with Gasteiger partial charge in [0, 0.05) is 24.0 Å². The van der Waals surface area contributed by atoms with E-state index in [1.165, 1.54) is 30.6 Å². The van der Waals surface area contributed by atoms with Crippen molar-refractivity contribution in [3.8, 4) is 11.6 Å². The predicted molar refractivity (Wildman–Crippen MR) is 72.5 cm³/mol. The Morgan fingerprint density at radius 1 is 1.43 bits per heavy atom. The van der Waals surface area contributed by atoms with Gasteiger partial charge in [0.05, 0.1) is 4.92 Å². The number of aryl methyl sites for hydroxylation is 1. The molecule has 0 saturated carbocycles. The molecular formula is C12H11N5O4. The van der Waals surface area contributed by atoms with Crippen LogP contribution in [0.25, 0.3) is 0 Å². The Kier molecular flexibility index (Phi) is 3.93. The van der Waals surface area contributed by atoms with Crippen LogP contribution in [0.15, 0.2) is 35.7 Å². The van der Waals surface area contributed by atoms with Gasteiger partial charge in [-0.15, -0.1) is 0 Å². The summed E-state index contributed by atoms with van der Waals surface area (Å²) in [6, 6.07) is 4.24. The smallest absolute Gasteiger partial charge is 0.272 e. The SMILES string of the molecule is Cc1cc(Oc2nccnc2C(N)=NO)ccc1[N+](=O)[O-]. The maximum atomic E-state index is 10.8. The van der Waals surface area contributed by atoms with Gasteiger partial charge in [-0.25, -0.2) is 9.97 Å². The molecule has 0 unspecified atom stereocenters. The first-order chi connectivity index (χ1) is 10.0. The summed E-state index contributed by atoms with van der Waals surface area (Å²) in [6.07, 6.45) is 2.74. The summed E-state index contributed by atoms with van der Waals surface area (Å²) < 4.78 is 5.48. The van der Waals surface area contributed by atoms with Gasteiger partial charge in [-0.05, 0) is 19.1 Å². The van der Waals surface area contributed by atoms with Gasteiger partial charge in [0.15, 0.2) is 11.5 Å². The number of benzene rings is 1. The lowest BCUT2D eigenvalue weighted by Gasteiger charge is -2.08. The van der Waals surface area contributed by atoms with Crippen molar-refractivity contribution in [2.45, 2.75) is 6.92 Å². The summed E-state index contributed by atoms with van der Waals surface area (Å²) in [5.41, 5.74) is 5.96. The molecule has 0 aliphatic rings. The third-order valence-corrected chi connectivity index (χ3v) is 2.59. The number of nitrogens with two attached hydrogens (primary N) is 1. The molecule has 1 heterocycles. The lowest BCUT2D eigenvalue weighted by atomic mass is 10.2. The average molecular weight is 289 g/mol. The number of hydrogen-bond acceptors (Lipinski definition) is 7. The van der Waals surface area contributed by atoms with Crippen molar-refractivity contribution in [2.24, 2.45) is 10.9 Å². The zero-order valence-electron chi connectivity index (χ0n) is 10.9. The van der Waals surface area contributed by atoms with Gasteiger partial charge in [-0.3, -0.25) is 10.1 Å². The highest BCUT2D eigenvalue weighted by molar-refractivity contribution is 5.97. The van der Waals surface area contributed by atoms with E-state index in [9.17, 15) is 10.1 Å². The van der Waals surface area contributed by atoms with Crippen LogP contribution >= 0.6 is 0 Å². The van der Waals surface area contributed by atoms with E-state index < -0.39 is 4.92 Å². The number of nitrogens with zero attached hydrogens (tertiary/aromatic N) is 4. The van der Waals surface area contributed by atoms with Gasteiger partial charge in [-0.2, -0.15) is 0 Å². The number of nitro groups is 1. The Bertz CT molecular complexity index is 717. The lowest BCUT2D eigenvalue weighted by molar-refractivity contribution is -0.385. The van der Waals surface area contributed by atoms with E-state index in [2.05, 4.69) is 15.1 Å². The number of amidine groups is 1. The second-order valence-corrected chi connectivity index (χ2v) is 4.00. The van der Waals surface area contributed by atoms with E-state index in [1.807, 2.05) is 0 Å². The summed E-state index contributed by atoms with van der Waals surface area (Å²) in [5, 5.41) is 22.3. The molecule has 9 nitrogen and oxygen atoms in total. The van der Waals surface area contributed by atoms with Crippen LogP contribution in [0.4, 0.5) is 5.69 Å². The van der Waals surface area contributed by atoms with Crippen molar-refractivity contribution in [1.82, 2.24) is 9.97 Å². The Morgan fingerprint density at radius 3 is 2.76 bits per heavy atom. The molecule has 1 aromatic heterocycles. The molecular weight excluding hydrogens is 278 g/mol. The maximum absolute atomic E-state index is 10.8. The van der Waals surface area contributed by atoms with Gasteiger partial charge >= 0.3 is 0 Å². The van der Waals surface area contributed by atoms with Crippen LogP contribution in [0.3, 0.4) is 0 Å². The minimum Gasteiger partial charge on any atom is -0.437 e. The van der Waals surface area contributed by atoms with E-state index in [0.717, 1.165) is 0 Å². The predicted octanol–water partition coefficient (Wildman–Crippen LogP) is 1.58. The molecule has 0 saturated heterocycles. The molecule has 0 aliphatic carbocycles. The van der Waals surface area contributed by atoms with Gasteiger partial charge in [0.25, 0.3) is 5.69 Å². The number of hydrogen-bond donors (Lipinski definition) is 2. The molecule has 9 heteroatoms. The zero-order chi connectivity index (χ0) is 15.4. The van der Waals surface area contributed by atoms with Crippen LogP contribution < -0.4 is 10.5 Å².